The second-order valence-electron chi connectivity index (χ2n) is 4.01. The van der Waals surface area contributed by atoms with E-state index in [0.29, 0.717) is 9.50 Å². The third-order valence-electron chi connectivity index (χ3n) is 2.64. The van der Waals surface area contributed by atoms with Crippen LogP contribution in [0.1, 0.15) is 10.4 Å². The number of nitro benzene ring substituents is 1. The van der Waals surface area contributed by atoms with Crippen LogP contribution in [0.5, 0.6) is 5.75 Å². The number of hydrogen-bond acceptors (Lipinski definition) is 4. The summed E-state index contributed by atoms with van der Waals surface area (Å²) in [6, 6.07) is 8.24. The molecule has 21 heavy (non-hydrogen) atoms. The summed E-state index contributed by atoms with van der Waals surface area (Å²) < 4.78 is 0.620. The summed E-state index contributed by atoms with van der Waals surface area (Å²) in [5.74, 6) is -1.00. The number of anilines is 1. The maximum atomic E-state index is 12.1. The lowest BCUT2D eigenvalue weighted by Crippen LogP contribution is -2.13. The average Bonchev–Trinajstić information content (AvgIpc) is 2.43. The molecule has 0 saturated heterocycles. The minimum absolute atomic E-state index is 0.209. The summed E-state index contributed by atoms with van der Waals surface area (Å²) in [7, 11) is 0. The molecule has 0 spiro atoms. The van der Waals surface area contributed by atoms with Crippen LogP contribution < -0.4 is 5.32 Å². The van der Waals surface area contributed by atoms with Crippen molar-refractivity contribution >= 4 is 44.8 Å². The van der Waals surface area contributed by atoms with Crippen LogP contribution in [0.3, 0.4) is 0 Å². The number of carbonyl (C=O) groups is 1. The molecule has 0 aliphatic heterocycles. The highest BCUT2D eigenvalue weighted by molar-refractivity contribution is 9.10. The Bertz CT molecular complexity index is 736. The molecular weight excluding hydrogens is 364 g/mol. The molecule has 0 heterocycles. The van der Waals surface area contributed by atoms with Crippen LogP contribution in [0.15, 0.2) is 40.9 Å². The molecule has 2 aromatic rings. The van der Waals surface area contributed by atoms with E-state index in [2.05, 4.69) is 21.2 Å². The van der Waals surface area contributed by atoms with Gasteiger partial charge < -0.3 is 10.4 Å². The Morgan fingerprint density at radius 1 is 1.33 bits per heavy atom. The molecule has 2 aromatic carbocycles. The standard InChI is InChI=1S/C13H8BrClN2O4/c14-8-5-4-7(6-9(8)15)13(19)16-12-10(17(20)21)2-1-3-11(12)18/h1-6,18H,(H,16,19). The predicted octanol–water partition coefficient (Wildman–Crippen LogP) is 3.97. The number of hydrogen-bond donors (Lipinski definition) is 2. The monoisotopic (exact) mass is 370 g/mol. The van der Waals surface area contributed by atoms with Crippen molar-refractivity contribution in [2.24, 2.45) is 0 Å². The van der Waals surface area contributed by atoms with Gasteiger partial charge in [0, 0.05) is 16.1 Å². The first-order valence-corrected chi connectivity index (χ1v) is 6.80. The molecule has 0 aliphatic carbocycles. The van der Waals surface area contributed by atoms with Crippen LogP contribution in [0.4, 0.5) is 11.4 Å². The van der Waals surface area contributed by atoms with Crippen molar-refractivity contribution < 1.29 is 14.8 Å². The van der Waals surface area contributed by atoms with Crippen molar-refractivity contribution in [3.8, 4) is 5.75 Å². The first-order chi connectivity index (χ1) is 9.90. The molecule has 0 aliphatic rings. The zero-order chi connectivity index (χ0) is 15.6. The van der Waals surface area contributed by atoms with E-state index in [-0.39, 0.29) is 17.0 Å². The lowest BCUT2D eigenvalue weighted by Gasteiger charge is -2.08. The average molecular weight is 372 g/mol. The van der Waals surface area contributed by atoms with Crippen molar-refractivity contribution in [2.75, 3.05) is 5.32 Å². The topological polar surface area (TPSA) is 92.5 Å². The fraction of sp³-hybridized carbons (Fsp3) is 0. The number of carbonyl (C=O) groups excluding carboxylic acids is 1. The van der Waals surface area contributed by atoms with Gasteiger partial charge in [0.15, 0.2) is 5.69 Å². The van der Waals surface area contributed by atoms with E-state index in [4.69, 9.17) is 11.6 Å². The Labute approximate surface area is 132 Å². The molecule has 8 heteroatoms. The number of halogens is 2. The van der Waals surface area contributed by atoms with Crippen molar-refractivity contribution in [2.45, 2.75) is 0 Å². The van der Waals surface area contributed by atoms with E-state index < -0.39 is 16.5 Å². The van der Waals surface area contributed by atoms with Crippen LogP contribution in [0, 0.1) is 10.1 Å². The normalized spacial score (nSPS) is 10.2. The highest BCUT2D eigenvalue weighted by Crippen LogP contribution is 2.33. The Balaban J connectivity index is 2.36. The maximum absolute atomic E-state index is 12.1. The number of nitrogens with one attached hydrogen (secondary N) is 1. The van der Waals surface area contributed by atoms with E-state index >= 15 is 0 Å². The molecule has 0 atom stereocenters. The van der Waals surface area contributed by atoms with Crippen molar-refractivity contribution in [3.05, 3.63) is 61.6 Å². The number of amides is 1. The third kappa shape index (κ3) is 3.32. The van der Waals surface area contributed by atoms with Crippen LogP contribution in [-0.4, -0.2) is 15.9 Å². The Morgan fingerprint density at radius 3 is 2.67 bits per heavy atom. The number of para-hydroxylation sites is 1. The summed E-state index contributed by atoms with van der Waals surface area (Å²) in [5, 5.41) is 23.2. The van der Waals surface area contributed by atoms with Crippen LogP contribution in [-0.2, 0) is 0 Å². The Morgan fingerprint density at radius 2 is 2.05 bits per heavy atom. The van der Waals surface area contributed by atoms with Crippen molar-refractivity contribution in [1.82, 2.24) is 0 Å². The quantitative estimate of drug-likeness (QED) is 0.485. The van der Waals surface area contributed by atoms with E-state index in [0.717, 1.165) is 0 Å². The summed E-state index contributed by atoms with van der Waals surface area (Å²) >= 11 is 9.08. The molecule has 6 nitrogen and oxygen atoms in total. The molecule has 0 saturated carbocycles. The van der Waals surface area contributed by atoms with Gasteiger partial charge in [-0.2, -0.15) is 0 Å². The van der Waals surface area contributed by atoms with Gasteiger partial charge in [-0.3, -0.25) is 14.9 Å². The van der Waals surface area contributed by atoms with Gasteiger partial charge in [-0.15, -0.1) is 0 Å². The zero-order valence-electron chi connectivity index (χ0n) is 10.3. The summed E-state index contributed by atoms with van der Waals surface area (Å²) in [6.07, 6.45) is 0. The van der Waals surface area contributed by atoms with E-state index in [9.17, 15) is 20.0 Å². The third-order valence-corrected chi connectivity index (χ3v) is 3.87. The largest absolute Gasteiger partial charge is 0.505 e. The fourth-order valence-electron chi connectivity index (χ4n) is 1.63. The molecule has 0 aromatic heterocycles. The second-order valence-corrected chi connectivity index (χ2v) is 5.27. The number of phenolic OH excluding ortho intramolecular Hbond substituents is 1. The van der Waals surface area contributed by atoms with Crippen LogP contribution in [0.2, 0.25) is 5.02 Å². The van der Waals surface area contributed by atoms with E-state index in [1.807, 2.05) is 0 Å². The SMILES string of the molecule is O=C(Nc1c(O)cccc1[N+](=O)[O-])c1ccc(Br)c(Cl)c1. The molecule has 2 rings (SSSR count). The molecular formula is C13H8BrClN2O4. The van der Waals surface area contributed by atoms with Gasteiger partial charge in [0.05, 0.1) is 9.95 Å². The smallest absolute Gasteiger partial charge is 0.296 e. The van der Waals surface area contributed by atoms with Gasteiger partial charge >= 0.3 is 0 Å². The second kappa shape index (κ2) is 6.11. The van der Waals surface area contributed by atoms with Crippen LogP contribution >= 0.6 is 27.5 Å². The lowest BCUT2D eigenvalue weighted by atomic mass is 10.2. The van der Waals surface area contributed by atoms with Crippen molar-refractivity contribution in [3.63, 3.8) is 0 Å². The number of nitrogens with zero attached hydrogens (tertiary/aromatic N) is 1. The van der Waals surface area contributed by atoms with Gasteiger partial charge in [0.1, 0.15) is 5.75 Å². The summed E-state index contributed by atoms with van der Waals surface area (Å²) in [4.78, 5) is 22.3. The number of benzene rings is 2. The van der Waals surface area contributed by atoms with E-state index in [1.54, 1.807) is 6.07 Å². The molecule has 0 bridgehead atoms. The van der Waals surface area contributed by atoms with Gasteiger partial charge in [-0.05, 0) is 40.2 Å². The molecule has 1 amide bonds. The molecule has 0 fully saturated rings. The van der Waals surface area contributed by atoms with Gasteiger partial charge in [-0.1, -0.05) is 17.7 Å². The van der Waals surface area contributed by atoms with Gasteiger partial charge in [-0.25, -0.2) is 0 Å². The zero-order valence-corrected chi connectivity index (χ0v) is 12.7. The maximum Gasteiger partial charge on any atom is 0.296 e. The Kier molecular flexibility index (Phi) is 4.44. The fourth-order valence-corrected chi connectivity index (χ4v) is 2.06. The Hall–Kier alpha value is -2.12. The first kappa shape index (κ1) is 15.3. The molecule has 2 N–H and O–H groups in total. The predicted molar refractivity (Wildman–Crippen MR) is 81.9 cm³/mol. The number of nitro groups is 1. The number of aromatic hydroxyl groups is 1. The molecule has 108 valence electrons. The van der Waals surface area contributed by atoms with Crippen LogP contribution in [0.25, 0.3) is 0 Å². The number of rotatable bonds is 3. The van der Waals surface area contributed by atoms with Gasteiger partial charge in [0.2, 0.25) is 0 Å². The van der Waals surface area contributed by atoms with Crippen molar-refractivity contribution in [1.29, 1.82) is 0 Å². The lowest BCUT2D eigenvalue weighted by molar-refractivity contribution is -0.384. The summed E-state index contributed by atoms with van der Waals surface area (Å²) in [5.41, 5.74) is -0.446. The highest BCUT2D eigenvalue weighted by atomic mass is 79.9. The van der Waals surface area contributed by atoms with Gasteiger partial charge in [0.25, 0.3) is 11.6 Å². The molecule has 0 unspecified atom stereocenters. The minimum Gasteiger partial charge on any atom is -0.505 e. The minimum atomic E-state index is -0.691. The first-order valence-electron chi connectivity index (χ1n) is 5.63. The summed E-state index contributed by atoms with van der Waals surface area (Å²) in [6.45, 7) is 0. The number of phenols is 1. The van der Waals surface area contributed by atoms with E-state index in [1.165, 1.54) is 30.3 Å². The highest BCUT2D eigenvalue weighted by Gasteiger charge is 2.20. The molecule has 0 radical (unpaired) electrons.